The summed E-state index contributed by atoms with van der Waals surface area (Å²) in [5.41, 5.74) is 2.80. The topological polar surface area (TPSA) is 79.7 Å². The molecule has 0 amide bonds. The summed E-state index contributed by atoms with van der Waals surface area (Å²) in [7, 11) is 0. The lowest BCUT2D eigenvalue weighted by atomic mass is 9.95. The maximum Gasteiger partial charge on any atom is 0.252 e. The van der Waals surface area contributed by atoms with E-state index in [0.717, 1.165) is 54.5 Å². The summed E-state index contributed by atoms with van der Waals surface area (Å²) in [6.45, 7) is 5.58. The van der Waals surface area contributed by atoms with Crippen LogP contribution < -0.4 is 5.56 Å². The number of nitrogens with zero attached hydrogens (tertiary/aromatic N) is 5. The minimum Gasteiger partial charge on any atom is -0.322 e. The summed E-state index contributed by atoms with van der Waals surface area (Å²) < 4.78 is 2.09. The monoisotopic (exact) mass is 490 g/mol. The summed E-state index contributed by atoms with van der Waals surface area (Å²) in [5.74, 6) is 0.934. The van der Waals surface area contributed by atoms with Crippen LogP contribution in [0.2, 0.25) is 0 Å². The van der Waals surface area contributed by atoms with Crippen molar-refractivity contribution in [2.75, 3.05) is 0 Å². The molecule has 35 heavy (non-hydrogen) atoms. The zero-order valence-electron chi connectivity index (χ0n) is 20.6. The van der Waals surface area contributed by atoms with E-state index in [-0.39, 0.29) is 11.6 Å². The first-order valence-electron chi connectivity index (χ1n) is 12.8. The Morgan fingerprint density at radius 3 is 2.80 bits per heavy atom. The standard InChI is InChI=1S/C27H34N6OS/c1-3-8-25(26-29-30-31-33(26)22-9-5-4-6-10-22)32(18-23-11-7-14-35-23)17-21-16-20-15-19(2)12-13-24(20)28-27(21)34/h7,11-16,22,25H,3-6,8-10,17-18H2,1-2H3,(H,28,34). The van der Waals surface area contributed by atoms with Gasteiger partial charge in [-0.3, -0.25) is 9.69 Å². The summed E-state index contributed by atoms with van der Waals surface area (Å²) in [4.78, 5) is 19.9. The summed E-state index contributed by atoms with van der Waals surface area (Å²) in [6, 6.07) is 12.8. The molecule has 7 nitrogen and oxygen atoms in total. The number of hydrogen-bond acceptors (Lipinski definition) is 6. The van der Waals surface area contributed by atoms with E-state index in [2.05, 4.69) is 73.6 Å². The fourth-order valence-corrected chi connectivity index (χ4v) is 6.07. The van der Waals surface area contributed by atoms with Crippen LogP contribution in [-0.4, -0.2) is 30.1 Å². The molecule has 0 aliphatic heterocycles. The third-order valence-corrected chi connectivity index (χ3v) is 7.99. The van der Waals surface area contributed by atoms with Crippen LogP contribution in [0.4, 0.5) is 0 Å². The first kappa shape index (κ1) is 23.9. The van der Waals surface area contributed by atoms with Crippen LogP contribution in [0.3, 0.4) is 0 Å². The number of benzene rings is 1. The third-order valence-electron chi connectivity index (χ3n) is 7.13. The molecule has 4 aromatic rings. The number of rotatable bonds is 9. The molecule has 5 rings (SSSR count). The number of pyridine rings is 1. The minimum absolute atomic E-state index is 0.0281. The maximum atomic E-state index is 13.1. The molecular formula is C27H34N6OS. The number of nitrogens with one attached hydrogen (secondary N) is 1. The average Bonchev–Trinajstić information content (AvgIpc) is 3.56. The predicted octanol–water partition coefficient (Wildman–Crippen LogP) is 5.93. The van der Waals surface area contributed by atoms with Gasteiger partial charge in [-0.05, 0) is 71.6 Å². The SMILES string of the molecule is CCCC(c1nnnn1C1CCCCC1)N(Cc1cccs1)Cc1cc2cc(C)ccc2[nH]c1=O. The predicted molar refractivity (Wildman–Crippen MR) is 140 cm³/mol. The normalized spacial score (nSPS) is 15.7. The van der Waals surface area contributed by atoms with Crippen molar-refractivity contribution in [2.45, 2.75) is 84.0 Å². The number of aromatic amines is 1. The lowest BCUT2D eigenvalue weighted by Gasteiger charge is -2.32. The molecule has 1 atom stereocenters. The molecule has 1 aromatic carbocycles. The molecule has 1 N–H and O–H groups in total. The molecule has 1 aliphatic rings. The highest BCUT2D eigenvalue weighted by atomic mass is 32.1. The molecule has 1 aliphatic carbocycles. The molecule has 3 heterocycles. The number of hydrogen-bond donors (Lipinski definition) is 1. The van der Waals surface area contributed by atoms with E-state index in [4.69, 9.17) is 0 Å². The van der Waals surface area contributed by atoms with E-state index in [1.807, 2.05) is 12.1 Å². The van der Waals surface area contributed by atoms with Crippen LogP contribution in [0.5, 0.6) is 0 Å². The van der Waals surface area contributed by atoms with E-state index >= 15 is 0 Å². The van der Waals surface area contributed by atoms with Gasteiger partial charge in [-0.25, -0.2) is 4.68 Å². The molecule has 8 heteroatoms. The maximum absolute atomic E-state index is 13.1. The van der Waals surface area contributed by atoms with Crippen LogP contribution in [0, 0.1) is 6.92 Å². The molecule has 3 aromatic heterocycles. The van der Waals surface area contributed by atoms with E-state index in [1.165, 1.54) is 29.7 Å². The molecule has 1 unspecified atom stereocenters. The molecular weight excluding hydrogens is 456 g/mol. The van der Waals surface area contributed by atoms with Crippen molar-refractivity contribution in [3.63, 3.8) is 0 Å². The van der Waals surface area contributed by atoms with Crippen LogP contribution >= 0.6 is 11.3 Å². The second-order valence-electron chi connectivity index (χ2n) is 9.78. The minimum atomic E-state index is -0.0281. The van der Waals surface area contributed by atoms with E-state index in [1.54, 1.807) is 11.3 Å². The fourth-order valence-electron chi connectivity index (χ4n) is 5.34. The number of aromatic nitrogens is 5. The first-order valence-corrected chi connectivity index (χ1v) is 13.7. The van der Waals surface area contributed by atoms with Gasteiger partial charge in [-0.2, -0.15) is 0 Å². The molecule has 1 fully saturated rings. The highest BCUT2D eigenvalue weighted by molar-refractivity contribution is 7.09. The van der Waals surface area contributed by atoms with Crippen molar-refractivity contribution in [3.8, 4) is 0 Å². The van der Waals surface area contributed by atoms with Gasteiger partial charge in [-0.1, -0.05) is 50.3 Å². The third kappa shape index (κ3) is 5.38. The molecule has 0 radical (unpaired) electrons. The zero-order chi connectivity index (χ0) is 24.2. The Bertz CT molecular complexity index is 1300. The van der Waals surface area contributed by atoms with Gasteiger partial charge in [0.15, 0.2) is 5.82 Å². The smallest absolute Gasteiger partial charge is 0.252 e. The first-order chi connectivity index (χ1) is 17.1. The van der Waals surface area contributed by atoms with Gasteiger partial charge < -0.3 is 4.98 Å². The van der Waals surface area contributed by atoms with E-state index in [9.17, 15) is 4.79 Å². The van der Waals surface area contributed by atoms with E-state index in [0.29, 0.717) is 12.6 Å². The van der Waals surface area contributed by atoms with Crippen molar-refractivity contribution < 1.29 is 0 Å². The van der Waals surface area contributed by atoms with Gasteiger partial charge in [0.2, 0.25) is 0 Å². The van der Waals surface area contributed by atoms with Crippen molar-refractivity contribution in [2.24, 2.45) is 0 Å². The Kier molecular flexibility index (Phi) is 7.39. The number of H-pyrrole nitrogens is 1. The number of aryl methyl sites for hydroxylation is 1. The van der Waals surface area contributed by atoms with Crippen molar-refractivity contribution in [1.82, 2.24) is 30.1 Å². The highest BCUT2D eigenvalue weighted by Crippen LogP contribution is 2.33. The van der Waals surface area contributed by atoms with Crippen molar-refractivity contribution in [3.05, 3.63) is 74.0 Å². The highest BCUT2D eigenvalue weighted by Gasteiger charge is 2.30. The van der Waals surface area contributed by atoms with Crippen LogP contribution in [0.25, 0.3) is 10.9 Å². The molecule has 0 saturated heterocycles. The fraction of sp³-hybridized carbons (Fsp3) is 0.481. The van der Waals surface area contributed by atoms with Gasteiger partial charge in [-0.15, -0.1) is 16.4 Å². The number of fused-ring (bicyclic) bond motifs is 1. The molecule has 0 bridgehead atoms. The van der Waals surface area contributed by atoms with Gasteiger partial charge in [0, 0.05) is 29.0 Å². The molecule has 1 saturated carbocycles. The molecule has 184 valence electrons. The zero-order valence-corrected chi connectivity index (χ0v) is 21.4. The van der Waals surface area contributed by atoms with E-state index < -0.39 is 0 Å². The van der Waals surface area contributed by atoms with Crippen LogP contribution in [-0.2, 0) is 13.1 Å². The largest absolute Gasteiger partial charge is 0.322 e. The second kappa shape index (κ2) is 10.8. The number of tetrazole rings is 1. The Balaban J connectivity index is 1.53. The Hall–Kier alpha value is -2.84. The van der Waals surface area contributed by atoms with Gasteiger partial charge in [0.25, 0.3) is 5.56 Å². The van der Waals surface area contributed by atoms with Gasteiger partial charge >= 0.3 is 0 Å². The Morgan fingerprint density at radius 2 is 2.03 bits per heavy atom. The van der Waals surface area contributed by atoms with Gasteiger partial charge in [0.1, 0.15) is 0 Å². The van der Waals surface area contributed by atoms with Crippen molar-refractivity contribution >= 4 is 22.2 Å². The Morgan fingerprint density at radius 1 is 1.17 bits per heavy atom. The summed E-state index contributed by atoms with van der Waals surface area (Å²) in [5, 5.41) is 16.3. The molecule has 0 spiro atoms. The summed E-state index contributed by atoms with van der Waals surface area (Å²) in [6.07, 6.45) is 7.96. The second-order valence-corrected chi connectivity index (χ2v) is 10.8. The Labute approximate surface area is 210 Å². The summed E-state index contributed by atoms with van der Waals surface area (Å²) >= 11 is 1.75. The lowest BCUT2D eigenvalue weighted by molar-refractivity contribution is 0.151. The van der Waals surface area contributed by atoms with Gasteiger partial charge in [0.05, 0.1) is 12.1 Å². The van der Waals surface area contributed by atoms with Crippen LogP contribution in [0.15, 0.2) is 46.6 Å². The number of thiophene rings is 1. The van der Waals surface area contributed by atoms with Crippen molar-refractivity contribution in [1.29, 1.82) is 0 Å². The average molecular weight is 491 g/mol. The van der Waals surface area contributed by atoms with Crippen LogP contribution in [0.1, 0.15) is 85.8 Å². The lowest BCUT2D eigenvalue weighted by Crippen LogP contribution is -2.33. The quantitative estimate of drug-likeness (QED) is 0.314.